The predicted octanol–water partition coefficient (Wildman–Crippen LogP) is 0.790. The van der Waals surface area contributed by atoms with Gasteiger partial charge < -0.3 is 14.9 Å². The lowest BCUT2D eigenvalue weighted by Crippen LogP contribution is -2.35. The van der Waals surface area contributed by atoms with E-state index in [0.29, 0.717) is 0 Å². The molecule has 0 heterocycles. The fraction of sp³-hybridized carbons (Fsp3) is 0.667. The third-order valence-corrected chi connectivity index (χ3v) is 1.74. The Morgan fingerprint density at radius 3 is 2.62 bits per heavy atom. The van der Waals surface area contributed by atoms with E-state index in [0.717, 1.165) is 12.5 Å². The molecule has 0 bridgehead atoms. The van der Waals surface area contributed by atoms with Gasteiger partial charge >= 0.3 is 11.9 Å². The quantitative estimate of drug-likeness (QED) is 0.380. The van der Waals surface area contributed by atoms with E-state index in [1.54, 1.807) is 0 Å². The molecular formula is C9H16O4. The fourth-order valence-electron chi connectivity index (χ4n) is 0.843. The summed E-state index contributed by atoms with van der Waals surface area (Å²) in [7, 11) is 0. The van der Waals surface area contributed by atoms with Crippen LogP contribution < -0.4 is 0 Å². The van der Waals surface area contributed by atoms with E-state index in [1.165, 1.54) is 0 Å². The van der Waals surface area contributed by atoms with E-state index in [4.69, 9.17) is 0 Å². The Morgan fingerprint density at radius 1 is 1.69 bits per heavy atom. The third kappa shape index (κ3) is 5.38. The van der Waals surface area contributed by atoms with Crippen LogP contribution in [0.2, 0.25) is 0 Å². The smallest absolute Gasteiger partial charge is 0.334 e. The Morgan fingerprint density at radius 2 is 2.23 bits per heavy atom. The van der Waals surface area contributed by atoms with Crippen molar-refractivity contribution in [3.63, 3.8) is 0 Å². The van der Waals surface area contributed by atoms with Crippen molar-refractivity contribution >= 4 is 5.97 Å². The molecule has 1 unspecified atom stereocenters. The van der Waals surface area contributed by atoms with Gasteiger partial charge in [-0.15, -0.1) is 0 Å². The summed E-state index contributed by atoms with van der Waals surface area (Å²) in [5, 5.41) is 18.4. The molecule has 2 N–H and O–H groups in total. The third-order valence-electron chi connectivity index (χ3n) is 1.74. The van der Waals surface area contributed by atoms with Crippen molar-refractivity contribution in [3.05, 3.63) is 12.7 Å². The summed E-state index contributed by atoms with van der Waals surface area (Å²) < 4.78 is 4.31. The number of carbonyl (C=O) groups is 1. The molecule has 0 spiro atoms. The van der Waals surface area contributed by atoms with Crippen molar-refractivity contribution in [2.75, 3.05) is 0 Å². The monoisotopic (exact) mass is 188 g/mol. The number of esters is 1. The van der Waals surface area contributed by atoms with Crippen molar-refractivity contribution < 1.29 is 19.7 Å². The maximum absolute atomic E-state index is 10.6. The minimum Gasteiger partial charge on any atom is -0.405 e. The highest BCUT2D eigenvalue weighted by Crippen LogP contribution is 2.18. The summed E-state index contributed by atoms with van der Waals surface area (Å²) in [6, 6.07) is 0. The largest absolute Gasteiger partial charge is 0.405 e. The molecule has 0 aromatic carbocycles. The first-order valence-corrected chi connectivity index (χ1v) is 4.21. The van der Waals surface area contributed by atoms with Gasteiger partial charge in [-0.2, -0.15) is 0 Å². The van der Waals surface area contributed by atoms with Gasteiger partial charge in [-0.1, -0.05) is 26.8 Å². The number of carbonyl (C=O) groups excluding carboxylic acids is 1. The van der Waals surface area contributed by atoms with E-state index in [2.05, 4.69) is 11.3 Å². The number of aliphatic hydroxyl groups is 2. The zero-order valence-corrected chi connectivity index (χ0v) is 7.99. The molecule has 0 aromatic rings. The topological polar surface area (TPSA) is 66.8 Å². The first-order chi connectivity index (χ1) is 5.91. The molecule has 0 saturated carbocycles. The van der Waals surface area contributed by atoms with E-state index in [1.807, 2.05) is 13.8 Å². The maximum Gasteiger partial charge on any atom is 0.334 e. The van der Waals surface area contributed by atoms with Crippen molar-refractivity contribution in [1.29, 1.82) is 0 Å². The lowest BCUT2D eigenvalue weighted by molar-refractivity contribution is -0.323. The molecule has 4 nitrogen and oxygen atoms in total. The van der Waals surface area contributed by atoms with Crippen LogP contribution in [0.15, 0.2) is 12.7 Å². The van der Waals surface area contributed by atoms with Gasteiger partial charge in [0.2, 0.25) is 0 Å². The van der Waals surface area contributed by atoms with E-state index >= 15 is 0 Å². The summed E-state index contributed by atoms with van der Waals surface area (Å²) in [5.41, 5.74) is 0. The van der Waals surface area contributed by atoms with Crippen LogP contribution in [0.1, 0.15) is 26.7 Å². The van der Waals surface area contributed by atoms with Gasteiger partial charge in [-0.3, -0.25) is 0 Å². The van der Waals surface area contributed by atoms with Crippen LogP contribution in [0.25, 0.3) is 0 Å². The second-order valence-electron chi connectivity index (χ2n) is 3.09. The lowest BCUT2D eigenvalue weighted by Gasteiger charge is -2.23. The summed E-state index contributed by atoms with van der Waals surface area (Å²) in [4.78, 5) is 10.6. The van der Waals surface area contributed by atoms with E-state index in [9.17, 15) is 15.0 Å². The first-order valence-electron chi connectivity index (χ1n) is 4.21. The standard InChI is InChI=1S/C9H16O4/c1-4-7(3)6-9(11,12)13-8(10)5-2/h5,7,11-12H,2,4,6H2,1,3H3. The molecule has 0 aliphatic rings. The maximum atomic E-state index is 10.6. The van der Waals surface area contributed by atoms with Gasteiger partial charge in [0.1, 0.15) is 0 Å². The Bertz CT molecular complexity index is 186. The van der Waals surface area contributed by atoms with Gasteiger partial charge in [0.05, 0.1) is 0 Å². The number of hydrogen-bond donors (Lipinski definition) is 2. The fourth-order valence-corrected chi connectivity index (χ4v) is 0.843. The van der Waals surface area contributed by atoms with E-state index < -0.39 is 11.9 Å². The predicted molar refractivity (Wildman–Crippen MR) is 47.5 cm³/mol. The Balaban J connectivity index is 4.06. The molecule has 0 radical (unpaired) electrons. The molecule has 0 fully saturated rings. The Hall–Kier alpha value is -0.870. The molecule has 0 aliphatic heterocycles. The Labute approximate surface area is 77.8 Å². The number of ether oxygens (including phenoxy) is 1. The molecular weight excluding hydrogens is 172 g/mol. The van der Waals surface area contributed by atoms with Crippen LogP contribution in [-0.4, -0.2) is 22.2 Å². The summed E-state index contributed by atoms with van der Waals surface area (Å²) >= 11 is 0. The molecule has 0 aliphatic carbocycles. The summed E-state index contributed by atoms with van der Waals surface area (Å²) in [5.74, 6) is -3.14. The van der Waals surface area contributed by atoms with Crippen molar-refractivity contribution in [1.82, 2.24) is 0 Å². The molecule has 4 heteroatoms. The molecule has 0 rings (SSSR count). The van der Waals surface area contributed by atoms with Crippen molar-refractivity contribution in [2.45, 2.75) is 32.7 Å². The van der Waals surface area contributed by atoms with Crippen molar-refractivity contribution in [2.24, 2.45) is 5.92 Å². The normalized spacial score (nSPS) is 13.5. The molecule has 0 amide bonds. The van der Waals surface area contributed by atoms with Gasteiger partial charge in [-0.05, 0) is 5.92 Å². The molecule has 1 atom stereocenters. The SMILES string of the molecule is C=CC(=O)OC(O)(O)CC(C)CC. The van der Waals surface area contributed by atoms with Gasteiger partial charge in [0.25, 0.3) is 0 Å². The second-order valence-corrected chi connectivity index (χ2v) is 3.09. The molecule has 13 heavy (non-hydrogen) atoms. The molecule has 76 valence electrons. The molecule has 0 saturated heterocycles. The second kappa shape index (κ2) is 4.99. The zero-order valence-electron chi connectivity index (χ0n) is 7.99. The minimum atomic E-state index is -2.37. The van der Waals surface area contributed by atoms with Crippen LogP contribution in [-0.2, 0) is 9.53 Å². The highest BCUT2D eigenvalue weighted by atomic mass is 16.8. The van der Waals surface area contributed by atoms with Crippen LogP contribution in [0.3, 0.4) is 0 Å². The van der Waals surface area contributed by atoms with Gasteiger partial charge in [-0.25, -0.2) is 4.79 Å². The number of rotatable bonds is 5. The average molecular weight is 188 g/mol. The first kappa shape index (κ1) is 12.1. The highest BCUT2D eigenvalue weighted by Gasteiger charge is 2.29. The van der Waals surface area contributed by atoms with Crippen LogP contribution in [0.5, 0.6) is 0 Å². The minimum absolute atomic E-state index is 0.00306. The number of hydrogen-bond acceptors (Lipinski definition) is 4. The highest BCUT2D eigenvalue weighted by molar-refractivity contribution is 5.81. The summed E-state index contributed by atoms with van der Waals surface area (Å²) in [6.45, 7) is 6.90. The van der Waals surface area contributed by atoms with Crippen LogP contribution in [0.4, 0.5) is 0 Å². The van der Waals surface area contributed by atoms with Crippen molar-refractivity contribution in [3.8, 4) is 0 Å². The average Bonchev–Trinajstić information content (AvgIpc) is 2.02. The zero-order chi connectivity index (χ0) is 10.5. The molecule has 0 aromatic heterocycles. The van der Waals surface area contributed by atoms with Gasteiger partial charge in [0, 0.05) is 12.5 Å². The lowest BCUT2D eigenvalue weighted by atomic mass is 10.0. The van der Waals surface area contributed by atoms with E-state index in [-0.39, 0.29) is 12.3 Å². The van der Waals surface area contributed by atoms with Crippen LogP contribution >= 0.6 is 0 Å². The summed E-state index contributed by atoms with van der Waals surface area (Å²) in [6.07, 6.45) is 1.68. The van der Waals surface area contributed by atoms with Crippen LogP contribution in [0, 0.1) is 5.92 Å². The van der Waals surface area contributed by atoms with Gasteiger partial charge in [0.15, 0.2) is 0 Å². The Kier molecular flexibility index (Phi) is 4.66.